The summed E-state index contributed by atoms with van der Waals surface area (Å²) in [5, 5.41) is 20.8. The van der Waals surface area contributed by atoms with Gasteiger partial charge in [-0.3, -0.25) is 0 Å². The van der Waals surface area contributed by atoms with E-state index in [9.17, 15) is 4.79 Å². The highest BCUT2D eigenvalue weighted by Gasteiger charge is 2.19. The van der Waals surface area contributed by atoms with Gasteiger partial charge in [0, 0.05) is 5.69 Å². The molecule has 0 spiro atoms. The van der Waals surface area contributed by atoms with E-state index >= 15 is 0 Å². The second-order valence-electron chi connectivity index (χ2n) is 4.66. The second-order valence-corrected chi connectivity index (χ2v) is 4.66. The average molecular weight is 247 g/mol. The molecule has 0 aromatic carbocycles. The molecule has 0 aliphatic rings. The number of aliphatic carboxylic acids is 1. The van der Waals surface area contributed by atoms with Gasteiger partial charge in [0.1, 0.15) is 11.9 Å². The molecule has 5 heteroatoms. The number of carboxylic acid groups (broad SMARTS) is 1. The summed E-state index contributed by atoms with van der Waals surface area (Å²) < 4.78 is 0. The van der Waals surface area contributed by atoms with Crippen LogP contribution >= 0.6 is 0 Å². The molecule has 0 aliphatic heterocycles. The van der Waals surface area contributed by atoms with Gasteiger partial charge in [-0.15, -0.1) is 0 Å². The van der Waals surface area contributed by atoms with E-state index in [0.29, 0.717) is 23.5 Å². The molecular weight excluding hydrogens is 230 g/mol. The van der Waals surface area contributed by atoms with Gasteiger partial charge in [-0.25, -0.2) is 9.78 Å². The molecule has 0 saturated heterocycles. The largest absolute Gasteiger partial charge is 0.480 e. The zero-order valence-electron chi connectivity index (χ0n) is 10.8. The van der Waals surface area contributed by atoms with Crippen LogP contribution in [0.15, 0.2) is 12.1 Å². The van der Waals surface area contributed by atoms with Crippen molar-refractivity contribution in [2.24, 2.45) is 5.92 Å². The third kappa shape index (κ3) is 4.06. The maximum Gasteiger partial charge on any atom is 0.326 e. The highest BCUT2D eigenvalue weighted by molar-refractivity contribution is 5.76. The molecule has 18 heavy (non-hydrogen) atoms. The van der Waals surface area contributed by atoms with Gasteiger partial charge in [0.15, 0.2) is 0 Å². The van der Waals surface area contributed by atoms with Crippen LogP contribution in [-0.4, -0.2) is 22.1 Å². The highest BCUT2D eigenvalue weighted by atomic mass is 16.4. The van der Waals surface area contributed by atoms with Gasteiger partial charge in [0.05, 0.1) is 11.6 Å². The minimum atomic E-state index is -0.912. The van der Waals surface area contributed by atoms with Gasteiger partial charge in [-0.05, 0) is 31.4 Å². The van der Waals surface area contributed by atoms with E-state index in [0.717, 1.165) is 0 Å². The van der Waals surface area contributed by atoms with Gasteiger partial charge >= 0.3 is 5.97 Å². The van der Waals surface area contributed by atoms with Crippen LogP contribution in [0, 0.1) is 24.2 Å². The lowest BCUT2D eigenvalue weighted by molar-refractivity contribution is -0.138. The highest BCUT2D eigenvalue weighted by Crippen LogP contribution is 2.14. The number of nitrogens with zero attached hydrogens (tertiary/aromatic N) is 2. The first-order valence-electron chi connectivity index (χ1n) is 5.80. The summed E-state index contributed by atoms with van der Waals surface area (Å²) in [5.41, 5.74) is 1.16. The lowest BCUT2D eigenvalue weighted by atomic mass is 10.0. The Morgan fingerprint density at radius 2 is 2.22 bits per heavy atom. The summed E-state index contributed by atoms with van der Waals surface area (Å²) in [7, 11) is 0. The Bertz CT molecular complexity index is 478. The van der Waals surface area contributed by atoms with Crippen LogP contribution in [0.25, 0.3) is 0 Å². The van der Waals surface area contributed by atoms with E-state index in [1.165, 1.54) is 0 Å². The van der Waals surface area contributed by atoms with Gasteiger partial charge < -0.3 is 10.4 Å². The number of anilines is 1. The summed E-state index contributed by atoms with van der Waals surface area (Å²) in [6.45, 7) is 5.69. The molecular formula is C13H17N3O2. The predicted molar refractivity (Wildman–Crippen MR) is 68.2 cm³/mol. The molecule has 1 atom stereocenters. The molecule has 1 rings (SSSR count). The number of hydrogen-bond acceptors (Lipinski definition) is 4. The predicted octanol–water partition coefficient (Wildman–Crippen LogP) is 2.17. The number of carboxylic acids is 1. The van der Waals surface area contributed by atoms with Gasteiger partial charge in [0.2, 0.25) is 0 Å². The third-order valence-electron chi connectivity index (χ3n) is 2.41. The normalized spacial score (nSPS) is 11.9. The zero-order chi connectivity index (χ0) is 13.7. The fourth-order valence-electron chi connectivity index (χ4n) is 1.68. The Labute approximate surface area is 106 Å². The summed E-state index contributed by atoms with van der Waals surface area (Å²) in [4.78, 5) is 15.3. The smallest absolute Gasteiger partial charge is 0.326 e. The second kappa shape index (κ2) is 6.01. The summed E-state index contributed by atoms with van der Waals surface area (Å²) in [5.74, 6) is -0.219. The fraction of sp³-hybridized carbons (Fsp3) is 0.462. The van der Waals surface area contributed by atoms with Crippen molar-refractivity contribution in [2.45, 2.75) is 33.2 Å². The number of aryl methyl sites for hydroxylation is 1. The monoisotopic (exact) mass is 247 g/mol. The van der Waals surface area contributed by atoms with Gasteiger partial charge in [-0.2, -0.15) is 5.26 Å². The van der Waals surface area contributed by atoms with Gasteiger partial charge in [-0.1, -0.05) is 13.8 Å². The van der Waals surface area contributed by atoms with Crippen LogP contribution in [-0.2, 0) is 4.79 Å². The van der Waals surface area contributed by atoms with E-state index in [-0.39, 0.29) is 5.92 Å². The van der Waals surface area contributed by atoms with Crippen LogP contribution in [0.3, 0.4) is 0 Å². The quantitative estimate of drug-likeness (QED) is 0.832. The Morgan fingerprint density at radius 1 is 1.56 bits per heavy atom. The molecule has 1 aromatic heterocycles. The van der Waals surface area contributed by atoms with Crippen LogP contribution in [0.1, 0.15) is 31.5 Å². The van der Waals surface area contributed by atoms with Crippen molar-refractivity contribution in [1.82, 2.24) is 4.98 Å². The number of carbonyl (C=O) groups is 1. The Balaban J connectivity index is 2.90. The fourth-order valence-corrected chi connectivity index (χ4v) is 1.68. The molecule has 5 nitrogen and oxygen atoms in total. The molecule has 0 saturated carbocycles. The lowest BCUT2D eigenvalue weighted by Gasteiger charge is -2.17. The van der Waals surface area contributed by atoms with Crippen molar-refractivity contribution < 1.29 is 9.90 Å². The molecule has 0 aliphatic carbocycles. The molecule has 96 valence electrons. The van der Waals surface area contributed by atoms with E-state index < -0.39 is 12.0 Å². The van der Waals surface area contributed by atoms with E-state index in [2.05, 4.69) is 10.3 Å². The minimum absolute atomic E-state index is 0.263. The SMILES string of the molecule is Cc1cc(C#N)cc(NC(CC(C)C)C(=O)O)n1. The summed E-state index contributed by atoms with van der Waals surface area (Å²) in [6.07, 6.45) is 0.507. The molecule has 0 amide bonds. The zero-order valence-corrected chi connectivity index (χ0v) is 10.8. The third-order valence-corrected chi connectivity index (χ3v) is 2.41. The van der Waals surface area contributed by atoms with E-state index in [1.54, 1.807) is 19.1 Å². The average Bonchev–Trinajstić information content (AvgIpc) is 2.26. The number of pyridine rings is 1. The molecule has 0 bridgehead atoms. The Hall–Kier alpha value is -2.09. The van der Waals surface area contributed by atoms with Crippen molar-refractivity contribution in [1.29, 1.82) is 5.26 Å². The molecule has 1 heterocycles. The Morgan fingerprint density at radius 3 is 2.72 bits per heavy atom. The lowest BCUT2D eigenvalue weighted by Crippen LogP contribution is -2.31. The van der Waals surface area contributed by atoms with E-state index in [4.69, 9.17) is 10.4 Å². The molecule has 0 radical (unpaired) electrons. The van der Waals surface area contributed by atoms with Gasteiger partial charge in [0.25, 0.3) is 0 Å². The number of nitrogens with one attached hydrogen (secondary N) is 1. The van der Waals surface area contributed by atoms with Crippen molar-refractivity contribution >= 4 is 11.8 Å². The van der Waals surface area contributed by atoms with E-state index in [1.807, 2.05) is 19.9 Å². The standard InChI is InChI=1S/C13H17N3O2/c1-8(2)4-11(13(17)18)16-12-6-10(7-14)5-9(3)15-12/h5-6,8,11H,4H2,1-3H3,(H,15,16)(H,17,18). The summed E-state index contributed by atoms with van der Waals surface area (Å²) in [6, 6.07) is 4.55. The molecule has 1 aromatic rings. The molecule has 1 unspecified atom stereocenters. The maximum atomic E-state index is 11.1. The minimum Gasteiger partial charge on any atom is -0.480 e. The maximum absolute atomic E-state index is 11.1. The van der Waals surface area contributed by atoms with Crippen molar-refractivity contribution in [3.8, 4) is 6.07 Å². The van der Waals surface area contributed by atoms with Crippen LogP contribution in [0.4, 0.5) is 5.82 Å². The van der Waals surface area contributed by atoms with Crippen LogP contribution < -0.4 is 5.32 Å². The van der Waals surface area contributed by atoms with Crippen molar-refractivity contribution in [2.75, 3.05) is 5.32 Å². The molecule has 0 fully saturated rings. The van der Waals surface area contributed by atoms with Crippen LogP contribution in [0.2, 0.25) is 0 Å². The number of nitriles is 1. The van der Waals surface area contributed by atoms with Crippen molar-refractivity contribution in [3.05, 3.63) is 23.4 Å². The number of aromatic nitrogens is 1. The Kier molecular flexibility index (Phi) is 4.67. The first-order valence-corrected chi connectivity index (χ1v) is 5.80. The number of hydrogen-bond donors (Lipinski definition) is 2. The van der Waals surface area contributed by atoms with Crippen molar-refractivity contribution in [3.63, 3.8) is 0 Å². The number of rotatable bonds is 5. The first kappa shape index (κ1) is 14.0. The first-order chi connectivity index (χ1) is 8.42. The molecule has 2 N–H and O–H groups in total. The van der Waals surface area contributed by atoms with Crippen LogP contribution in [0.5, 0.6) is 0 Å². The summed E-state index contributed by atoms with van der Waals surface area (Å²) >= 11 is 0. The topological polar surface area (TPSA) is 86.0 Å².